The molecule has 0 amide bonds. The zero-order valence-corrected chi connectivity index (χ0v) is 13.4. The second kappa shape index (κ2) is 5.45. The number of hydrogen-bond donors (Lipinski definition) is 1. The first-order valence-electron chi connectivity index (χ1n) is 6.99. The van der Waals surface area contributed by atoms with Gasteiger partial charge in [0.05, 0.1) is 13.0 Å². The van der Waals surface area contributed by atoms with Crippen LogP contribution in [0.15, 0.2) is 11.6 Å². The van der Waals surface area contributed by atoms with Gasteiger partial charge in [0.15, 0.2) is 0 Å². The number of hydrogen-bond acceptors (Lipinski definition) is 5. The van der Waals surface area contributed by atoms with E-state index < -0.39 is 5.60 Å². The molecule has 1 fully saturated rings. The van der Waals surface area contributed by atoms with Gasteiger partial charge < -0.3 is 9.84 Å². The molecule has 2 rings (SSSR count). The van der Waals surface area contributed by atoms with Gasteiger partial charge in [-0.25, -0.2) is 4.98 Å². The maximum Gasteiger partial charge on any atom is 0.309 e. The smallest absolute Gasteiger partial charge is 0.309 e. The van der Waals surface area contributed by atoms with Crippen LogP contribution < -0.4 is 0 Å². The highest BCUT2D eigenvalue weighted by atomic mass is 32.1. The summed E-state index contributed by atoms with van der Waals surface area (Å²) in [5.74, 6) is -0.109. The summed E-state index contributed by atoms with van der Waals surface area (Å²) in [6.45, 7) is 6.00. The van der Waals surface area contributed by atoms with Crippen molar-refractivity contribution >= 4 is 17.3 Å². The fourth-order valence-electron chi connectivity index (χ4n) is 3.34. The van der Waals surface area contributed by atoms with Crippen LogP contribution >= 0.6 is 11.3 Å². The molecular formula is C15H23NO3S. The fourth-order valence-corrected chi connectivity index (χ4v) is 4.12. The topological polar surface area (TPSA) is 59.4 Å². The lowest BCUT2D eigenvalue weighted by Gasteiger charge is -2.45. The number of carbonyl (C=O) groups is 1. The van der Waals surface area contributed by atoms with Gasteiger partial charge in [-0.2, -0.15) is 0 Å². The molecule has 0 radical (unpaired) electrons. The minimum atomic E-state index is -0.924. The fraction of sp³-hybridized carbons (Fsp3) is 0.733. The molecule has 1 N–H and O–H groups in total. The van der Waals surface area contributed by atoms with E-state index in [4.69, 9.17) is 4.74 Å². The van der Waals surface area contributed by atoms with Gasteiger partial charge in [-0.1, -0.05) is 13.8 Å². The number of thiazole rings is 1. The lowest BCUT2D eigenvalue weighted by Crippen LogP contribution is -2.44. The van der Waals surface area contributed by atoms with Crippen LogP contribution in [-0.4, -0.2) is 23.2 Å². The number of esters is 1. The lowest BCUT2D eigenvalue weighted by atomic mass is 9.61. The first-order chi connectivity index (χ1) is 9.29. The highest BCUT2D eigenvalue weighted by Crippen LogP contribution is 2.49. The Bertz CT molecular complexity index is 467. The van der Waals surface area contributed by atoms with Gasteiger partial charge in [0, 0.05) is 11.6 Å². The molecule has 5 heteroatoms. The summed E-state index contributed by atoms with van der Waals surface area (Å²) in [6.07, 6.45) is 4.08. The average Bonchev–Trinajstić information content (AvgIpc) is 2.91. The summed E-state index contributed by atoms with van der Waals surface area (Å²) in [4.78, 5) is 16.1. The Morgan fingerprint density at radius 3 is 2.75 bits per heavy atom. The molecule has 4 nitrogen and oxygen atoms in total. The average molecular weight is 297 g/mol. The van der Waals surface area contributed by atoms with E-state index in [2.05, 4.69) is 18.8 Å². The van der Waals surface area contributed by atoms with Gasteiger partial charge in [0.2, 0.25) is 0 Å². The van der Waals surface area contributed by atoms with Crippen molar-refractivity contribution in [3.8, 4) is 0 Å². The molecule has 20 heavy (non-hydrogen) atoms. The highest BCUT2D eigenvalue weighted by molar-refractivity contribution is 7.09. The summed E-state index contributed by atoms with van der Waals surface area (Å²) in [6, 6.07) is 0. The molecule has 1 saturated carbocycles. The molecule has 112 valence electrons. The molecule has 0 saturated heterocycles. The van der Waals surface area contributed by atoms with E-state index in [1.54, 1.807) is 6.20 Å². The minimum Gasteiger partial charge on any atom is -0.469 e. The summed E-state index contributed by atoms with van der Waals surface area (Å²) < 4.78 is 4.91. The Labute approximate surface area is 124 Å². The van der Waals surface area contributed by atoms with E-state index in [1.165, 1.54) is 18.4 Å². The van der Waals surface area contributed by atoms with Crippen molar-refractivity contribution in [3.63, 3.8) is 0 Å². The van der Waals surface area contributed by atoms with Gasteiger partial charge in [-0.15, -0.1) is 11.3 Å². The first kappa shape index (κ1) is 15.4. The van der Waals surface area contributed by atoms with Gasteiger partial charge in [0.1, 0.15) is 10.6 Å². The predicted molar refractivity (Wildman–Crippen MR) is 78.3 cm³/mol. The van der Waals surface area contributed by atoms with Crippen LogP contribution in [0.4, 0.5) is 0 Å². The SMILES string of the molecule is COC(=O)C1CCC([C@](C)(O)c2nccs2)CC1(C)C. The van der Waals surface area contributed by atoms with Crippen LogP contribution in [-0.2, 0) is 15.1 Å². The van der Waals surface area contributed by atoms with Crippen LogP contribution in [0.5, 0.6) is 0 Å². The van der Waals surface area contributed by atoms with E-state index in [1.807, 2.05) is 12.3 Å². The third kappa shape index (κ3) is 2.74. The summed E-state index contributed by atoms with van der Waals surface area (Å²) in [5.41, 5.74) is -1.09. The molecule has 1 aliphatic rings. The number of rotatable bonds is 3. The van der Waals surface area contributed by atoms with Gasteiger partial charge in [-0.05, 0) is 37.5 Å². The van der Waals surface area contributed by atoms with Crippen molar-refractivity contribution in [2.75, 3.05) is 7.11 Å². The molecule has 1 aromatic rings. The molecule has 1 heterocycles. The van der Waals surface area contributed by atoms with Crippen molar-refractivity contribution in [1.29, 1.82) is 0 Å². The molecule has 2 unspecified atom stereocenters. The number of methoxy groups -OCH3 is 1. The van der Waals surface area contributed by atoms with E-state index in [9.17, 15) is 9.90 Å². The van der Waals surface area contributed by atoms with Gasteiger partial charge >= 0.3 is 5.97 Å². The third-order valence-corrected chi connectivity index (χ3v) is 5.67. The van der Waals surface area contributed by atoms with Crippen LogP contribution in [0.2, 0.25) is 0 Å². The molecule has 0 bridgehead atoms. The number of aliphatic hydroxyl groups is 1. The Morgan fingerprint density at radius 1 is 1.55 bits per heavy atom. The van der Waals surface area contributed by atoms with Crippen molar-refractivity contribution in [1.82, 2.24) is 4.98 Å². The quantitative estimate of drug-likeness (QED) is 0.871. The zero-order valence-electron chi connectivity index (χ0n) is 12.5. The van der Waals surface area contributed by atoms with Gasteiger partial charge in [0.25, 0.3) is 0 Å². The summed E-state index contributed by atoms with van der Waals surface area (Å²) in [5, 5.41) is 13.5. The molecule has 3 atom stereocenters. The molecule has 0 aromatic carbocycles. The van der Waals surface area contributed by atoms with E-state index >= 15 is 0 Å². The van der Waals surface area contributed by atoms with Crippen LogP contribution in [0.25, 0.3) is 0 Å². The molecular weight excluding hydrogens is 274 g/mol. The van der Waals surface area contributed by atoms with Crippen molar-refractivity contribution in [2.24, 2.45) is 17.3 Å². The lowest BCUT2D eigenvalue weighted by molar-refractivity contribution is -0.155. The Balaban J connectivity index is 2.17. The number of aromatic nitrogens is 1. The maximum absolute atomic E-state index is 11.9. The molecule has 0 spiro atoms. The second-order valence-corrected chi connectivity index (χ2v) is 7.42. The van der Waals surface area contributed by atoms with Crippen LogP contribution in [0, 0.1) is 17.3 Å². The number of nitrogens with zero attached hydrogens (tertiary/aromatic N) is 1. The molecule has 1 aromatic heterocycles. The monoisotopic (exact) mass is 297 g/mol. The normalized spacial score (nSPS) is 28.6. The first-order valence-corrected chi connectivity index (χ1v) is 7.87. The Hall–Kier alpha value is -0.940. The standard InChI is InChI=1S/C15H23NO3S/c1-14(2)9-10(5-6-11(14)12(17)19-4)15(3,18)13-16-7-8-20-13/h7-8,10-11,18H,5-6,9H2,1-4H3/t10?,11?,15-/m0/s1. The van der Waals surface area contributed by atoms with E-state index in [-0.39, 0.29) is 23.2 Å². The maximum atomic E-state index is 11.9. The summed E-state index contributed by atoms with van der Waals surface area (Å²) >= 11 is 1.48. The highest BCUT2D eigenvalue weighted by Gasteiger charge is 2.47. The van der Waals surface area contributed by atoms with Crippen molar-refractivity contribution in [3.05, 3.63) is 16.6 Å². The van der Waals surface area contributed by atoms with Gasteiger partial charge in [-0.3, -0.25) is 4.79 Å². The third-order valence-electron chi connectivity index (χ3n) is 4.67. The Morgan fingerprint density at radius 2 is 2.25 bits per heavy atom. The molecule has 0 aliphatic heterocycles. The van der Waals surface area contributed by atoms with Crippen LogP contribution in [0.1, 0.15) is 45.0 Å². The number of ether oxygens (including phenoxy) is 1. The second-order valence-electron chi connectivity index (χ2n) is 6.53. The largest absolute Gasteiger partial charge is 0.469 e. The van der Waals surface area contributed by atoms with E-state index in [0.29, 0.717) is 0 Å². The molecule has 1 aliphatic carbocycles. The minimum absolute atomic E-state index is 0.0872. The Kier molecular flexibility index (Phi) is 4.21. The van der Waals surface area contributed by atoms with Crippen LogP contribution in [0.3, 0.4) is 0 Å². The van der Waals surface area contributed by atoms with Crippen molar-refractivity contribution < 1.29 is 14.6 Å². The predicted octanol–water partition coefficient (Wildman–Crippen LogP) is 2.97. The summed E-state index contributed by atoms with van der Waals surface area (Å²) in [7, 11) is 1.44. The van der Waals surface area contributed by atoms with Crippen molar-refractivity contribution in [2.45, 2.75) is 45.6 Å². The number of carbonyl (C=O) groups excluding carboxylic acids is 1. The zero-order chi connectivity index (χ0) is 15.0. The van der Waals surface area contributed by atoms with E-state index in [0.717, 1.165) is 24.3 Å².